The second-order valence-corrected chi connectivity index (χ2v) is 6.32. The van der Waals surface area contributed by atoms with Gasteiger partial charge < -0.3 is 9.80 Å². The van der Waals surface area contributed by atoms with Crippen LogP contribution in [-0.4, -0.2) is 41.1 Å². The highest BCUT2D eigenvalue weighted by Gasteiger charge is 2.20. The van der Waals surface area contributed by atoms with Gasteiger partial charge in [0.15, 0.2) is 0 Å². The van der Waals surface area contributed by atoms with Gasteiger partial charge in [-0.1, -0.05) is 0 Å². The normalized spacial score (nSPS) is 14.9. The first-order chi connectivity index (χ1) is 11.0. The maximum absolute atomic E-state index is 10.7. The van der Waals surface area contributed by atoms with E-state index in [-0.39, 0.29) is 5.69 Å². The summed E-state index contributed by atoms with van der Waals surface area (Å²) in [7, 11) is 0. The van der Waals surface area contributed by atoms with E-state index in [9.17, 15) is 10.1 Å². The van der Waals surface area contributed by atoms with Gasteiger partial charge in [0.1, 0.15) is 17.8 Å². The number of pyridine rings is 2. The number of halogens is 1. The van der Waals surface area contributed by atoms with Crippen molar-refractivity contribution < 1.29 is 4.92 Å². The zero-order valence-electron chi connectivity index (χ0n) is 12.6. The van der Waals surface area contributed by atoms with Gasteiger partial charge in [-0.3, -0.25) is 10.1 Å². The van der Waals surface area contributed by atoms with Crippen molar-refractivity contribution in [2.24, 2.45) is 0 Å². The third kappa shape index (κ3) is 3.42. The Morgan fingerprint density at radius 3 is 2.39 bits per heavy atom. The van der Waals surface area contributed by atoms with Crippen LogP contribution in [0.2, 0.25) is 0 Å². The molecule has 8 heteroatoms. The molecule has 0 bridgehead atoms. The summed E-state index contributed by atoms with van der Waals surface area (Å²) in [4.78, 5) is 23.3. The first-order valence-corrected chi connectivity index (χ1v) is 8.06. The third-order valence-electron chi connectivity index (χ3n) is 3.86. The van der Waals surface area contributed by atoms with E-state index in [0.717, 1.165) is 47.9 Å². The molecule has 0 atom stereocenters. The van der Waals surface area contributed by atoms with Gasteiger partial charge in [-0.15, -0.1) is 0 Å². The fourth-order valence-electron chi connectivity index (χ4n) is 2.68. The van der Waals surface area contributed by atoms with Gasteiger partial charge in [-0.2, -0.15) is 0 Å². The zero-order chi connectivity index (χ0) is 16.4. The molecule has 1 aliphatic rings. The molecule has 120 valence electrons. The predicted octanol–water partition coefficient (Wildman–Crippen LogP) is 2.78. The summed E-state index contributed by atoms with van der Waals surface area (Å²) in [5.41, 5.74) is 1.16. The van der Waals surface area contributed by atoms with E-state index in [1.165, 1.54) is 12.3 Å². The Bertz CT molecular complexity index is 714. The number of hydrogen-bond acceptors (Lipinski definition) is 6. The van der Waals surface area contributed by atoms with Crippen LogP contribution >= 0.6 is 15.9 Å². The molecule has 0 amide bonds. The number of rotatable bonds is 3. The predicted molar refractivity (Wildman–Crippen MR) is 92.0 cm³/mol. The number of piperazine rings is 1. The summed E-state index contributed by atoms with van der Waals surface area (Å²) >= 11 is 3.43. The minimum absolute atomic E-state index is 0.0158. The van der Waals surface area contributed by atoms with Crippen molar-refractivity contribution in [3.05, 3.63) is 50.7 Å². The lowest BCUT2D eigenvalue weighted by Crippen LogP contribution is -2.47. The smallest absolute Gasteiger partial charge is 0.287 e. The van der Waals surface area contributed by atoms with Crippen LogP contribution in [0.3, 0.4) is 0 Å². The molecule has 0 radical (unpaired) electrons. The summed E-state index contributed by atoms with van der Waals surface area (Å²) in [6.07, 6.45) is 3.12. The van der Waals surface area contributed by atoms with E-state index in [1.54, 1.807) is 6.07 Å². The van der Waals surface area contributed by atoms with Crippen molar-refractivity contribution in [3.8, 4) is 0 Å². The molecule has 1 aliphatic heterocycles. The van der Waals surface area contributed by atoms with Crippen molar-refractivity contribution in [1.29, 1.82) is 0 Å². The summed E-state index contributed by atoms with van der Waals surface area (Å²) in [5, 5.41) is 10.7. The minimum Gasteiger partial charge on any atom is -0.353 e. The Balaban J connectivity index is 1.67. The molecule has 1 fully saturated rings. The lowest BCUT2D eigenvalue weighted by atomic mass is 10.2. The highest BCUT2D eigenvalue weighted by Crippen LogP contribution is 2.23. The molecule has 0 unspecified atom stereocenters. The molecule has 7 nitrogen and oxygen atoms in total. The molecule has 0 N–H and O–H groups in total. The highest BCUT2D eigenvalue weighted by atomic mass is 79.9. The van der Waals surface area contributed by atoms with Crippen molar-refractivity contribution in [2.45, 2.75) is 6.92 Å². The Labute approximate surface area is 142 Å². The van der Waals surface area contributed by atoms with Crippen molar-refractivity contribution in [3.63, 3.8) is 0 Å². The molecule has 0 aromatic carbocycles. The van der Waals surface area contributed by atoms with Crippen molar-refractivity contribution in [1.82, 2.24) is 9.97 Å². The van der Waals surface area contributed by atoms with Gasteiger partial charge in [0.25, 0.3) is 5.69 Å². The number of hydrogen-bond donors (Lipinski definition) is 0. The Kier molecular flexibility index (Phi) is 4.42. The van der Waals surface area contributed by atoms with Crippen LogP contribution in [0.15, 0.2) is 35.1 Å². The van der Waals surface area contributed by atoms with Gasteiger partial charge >= 0.3 is 0 Å². The van der Waals surface area contributed by atoms with Crippen LogP contribution in [0.5, 0.6) is 0 Å². The summed E-state index contributed by atoms with van der Waals surface area (Å²) in [6, 6.07) is 5.26. The molecule has 2 aromatic heterocycles. The van der Waals surface area contributed by atoms with Gasteiger partial charge in [0.05, 0.1) is 4.92 Å². The average molecular weight is 378 g/mol. The van der Waals surface area contributed by atoms with Crippen LogP contribution in [0, 0.1) is 17.0 Å². The molecule has 0 spiro atoms. The fraction of sp³-hybridized carbons (Fsp3) is 0.333. The van der Waals surface area contributed by atoms with E-state index in [0.29, 0.717) is 0 Å². The Morgan fingerprint density at radius 2 is 1.83 bits per heavy atom. The van der Waals surface area contributed by atoms with E-state index < -0.39 is 4.92 Å². The number of nitrogens with zero attached hydrogens (tertiary/aromatic N) is 5. The van der Waals surface area contributed by atoms with Crippen molar-refractivity contribution >= 4 is 33.3 Å². The Morgan fingerprint density at radius 1 is 1.13 bits per heavy atom. The lowest BCUT2D eigenvalue weighted by molar-refractivity contribution is -0.385. The molecule has 23 heavy (non-hydrogen) atoms. The van der Waals surface area contributed by atoms with E-state index in [4.69, 9.17) is 0 Å². The third-order valence-corrected chi connectivity index (χ3v) is 4.30. The minimum atomic E-state index is -0.434. The molecule has 3 heterocycles. The maximum Gasteiger partial charge on any atom is 0.287 e. The zero-order valence-corrected chi connectivity index (χ0v) is 14.2. The van der Waals surface area contributed by atoms with Crippen LogP contribution < -0.4 is 9.80 Å². The quantitative estimate of drug-likeness (QED) is 0.604. The van der Waals surface area contributed by atoms with Gasteiger partial charge in [-0.25, -0.2) is 9.97 Å². The van der Waals surface area contributed by atoms with E-state index >= 15 is 0 Å². The molecule has 1 saturated heterocycles. The molecular formula is C15H16BrN5O2. The number of anilines is 2. The lowest BCUT2D eigenvalue weighted by Gasteiger charge is -2.36. The second-order valence-electron chi connectivity index (χ2n) is 5.40. The second kappa shape index (κ2) is 6.49. The average Bonchev–Trinajstić information content (AvgIpc) is 2.55. The van der Waals surface area contributed by atoms with Crippen LogP contribution in [0.4, 0.5) is 17.3 Å². The van der Waals surface area contributed by atoms with Crippen LogP contribution in [-0.2, 0) is 0 Å². The fourth-order valence-corrected chi connectivity index (χ4v) is 3.13. The van der Waals surface area contributed by atoms with Crippen LogP contribution in [0.1, 0.15) is 5.56 Å². The monoisotopic (exact) mass is 377 g/mol. The maximum atomic E-state index is 10.7. The number of nitro groups is 1. The van der Waals surface area contributed by atoms with E-state index in [2.05, 4.69) is 48.7 Å². The number of aromatic nitrogens is 2. The summed E-state index contributed by atoms with van der Waals surface area (Å²) in [6.45, 7) is 5.35. The largest absolute Gasteiger partial charge is 0.353 e. The topological polar surface area (TPSA) is 75.4 Å². The Hall–Kier alpha value is -2.22. The molecule has 0 aliphatic carbocycles. The first-order valence-electron chi connectivity index (χ1n) is 7.27. The summed E-state index contributed by atoms with van der Waals surface area (Å²) in [5.74, 6) is 1.78. The summed E-state index contributed by atoms with van der Waals surface area (Å²) < 4.78 is 0.979. The SMILES string of the molecule is Cc1cc(Br)cnc1N1CCN(c2ccc([N+](=O)[O-])cn2)CC1. The van der Waals surface area contributed by atoms with Gasteiger partial charge in [0.2, 0.25) is 0 Å². The first kappa shape index (κ1) is 15.7. The van der Waals surface area contributed by atoms with Crippen molar-refractivity contribution in [2.75, 3.05) is 36.0 Å². The van der Waals surface area contributed by atoms with Gasteiger partial charge in [0, 0.05) is 42.9 Å². The van der Waals surface area contributed by atoms with Crippen LogP contribution in [0.25, 0.3) is 0 Å². The highest BCUT2D eigenvalue weighted by molar-refractivity contribution is 9.10. The molecular weight excluding hydrogens is 362 g/mol. The van der Waals surface area contributed by atoms with E-state index in [1.807, 2.05) is 6.20 Å². The molecule has 2 aromatic rings. The molecule has 3 rings (SSSR count). The van der Waals surface area contributed by atoms with Gasteiger partial charge in [-0.05, 0) is 40.5 Å². The molecule has 0 saturated carbocycles. The standard InChI is InChI=1S/C15H16BrN5O2/c1-11-8-12(16)9-18-15(11)20-6-4-19(5-7-20)14-3-2-13(10-17-14)21(22)23/h2-3,8-10H,4-7H2,1H3. The number of aryl methyl sites for hydroxylation is 1.